The van der Waals surface area contributed by atoms with E-state index in [0.717, 1.165) is 16.2 Å². The van der Waals surface area contributed by atoms with E-state index in [0.29, 0.717) is 11.3 Å². The first-order valence-electron chi connectivity index (χ1n) is 5.72. The van der Waals surface area contributed by atoms with Gasteiger partial charge in [0, 0.05) is 10.6 Å². The van der Waals surface area contributed by atoms with E-state index in [1.165, 1.54) is 0 Å². The molecule has 1 N–H and O–H groups in total. The van der Waals surface area contributed by atoms with Crippen molar-refractivity contribution in [3.05, 3.63) is 53.6 Å². The minimum atomic E-state index is 0.262. The lowest BCUT2D eigenvalue weighted by atomic mass is 10.1. The predicted octanol–water partition coefficient (Wildman–Crippen LogP) is 3.56. The lowest BCUT2D eigenvalue weighted by Crippen LogP contribution is -1.90. The molecule has 0 aliphatic rings. The Hall–Kier alpha value is -2.12. The summed E-state index contributed by atoms with van der Waals surface area (Å²) in [5, 5.41) is 18.4. The van der Waals surface area contributed by atoms with E-state index in [1.54, 1.807) is 37.1 Å². The standard InChI is InChI=1S/C15H13NO2S/c1-18-15-6-5-11(7-12(15)9-16)10-19-14-4-2-3-13(17)8-14/h2-8,17H,10H2,1H3. The largest absolute Gasteiger partial charge is 0.508 e. The zero-order valence-corrected chi connectivity index (χ0v) is 11.3. The Balaban J connectivity index is 2.10. The van der Waals surface area contributed by atoms with Crippen LogP contribution in [0.25, 0.3) is 0 Å². The molecule has 0 saturated heterocycles. The summed E-state index contributed by atoms with van der Waals surface area (Å²) >= 11 is 1.61. The second-order valence-corrected chi connectivity index (χ2v) is 4.98. The van der Waals surface area contributed by atoms with Crippen LogP contribution in [-0.4, -0.2) is 12.2 Å². The number of phenols is 1. The van der Waals surface area contributed by atoms with E-state index >= 15 is 0 Å². The average Bonchev–Trinajstić information content (AvgIpc) is 2.45. The van der Waals surface area contributed by atoms with Crippen molar-refractivity contribution in [2.45, 2.75) is 10.6 Å². The highest BCUT2D eigenvalue weighted by molar-refractivity contribution is 7.98. The smallest absolute Gasteiger partial charge is 0.136 e. The Bertz CT molecular complexity index is 620. The van der Waals surface area contributed by atoms with Crippen molar-refractivity contribution in [3.8, 4) is 17.6 Å². The fraction of sp³-hybridized carbons (Fsp3) is 0.133. The highest BCUT2D eigenvalue weighted by atomic mass is 32.2. The van der Waals surface area contributed by atoms with Gasteiger partial charge in [-0.2, -0.15) is 5.26 Å². The number of rotatable bonds is 4. The Morgan fingerprint density at radius 2 is 2.11 bits per heavy atom. The second kappa shape index (κ2) is 6.17. The fourth-order valence-electron chi connectivity index (χ4n) is 1.67. The minimum absolute atomic E-state index is 0.262. The van der Waals surface area contributed by atoms with Crippen molar-refractivity contribution in [2.24, 2.45) is 0 Å². The Morgan fingerprint density at radius 3 is 2.79 bits per heavy atom. The second-order valence-electron chi connectivity index (χ2n) is 3.93. The number of nitrogens with zero attached hydrogens (tertiary/aromatic N) is 1. The Kier molecular flexibility index (Phi) is 4.32. The van der Waals surface area contributed by atoms with Gasteiger partial charge < -0.3 is 9.84 Å². The molecule has 0 fully saturated rings. The summed E-state index contributed by atoms with van der Waals surface area (Å²) in [5.41, 5.74) is 1.59. The van der Waals surface area contributed by atoms with Gasteiger partial charge in [-0.25, -0.2) is 0 Å². The summed E-state index contributed by atoms with van der Waals surface area (Å²) in [7, 11) is 1.55. The minimum Gasteiger partial charge on any atom is -0.508 e. The number of hydrogen-bond donors (Lipinski definition) is 1. The highest BCUT2D eigenvalue weighted by Crippen LogP contribution is 2.27. The van der Waals surface area contributed by atoms with Gasteiger partial charge in [0.05, 0.1) is 12.7 Å². The van der Waals surface area contributed by atoms with Crippen LogP contribution in [0.4, 0.5) is 0 Å². The first-order valence-corrected chi connectivity index (χ1v) is 6.70. The number of nitriles is 1. The van der Waals surface area contributed by atoms with Gasteiger partial charge in [-0.15, -0.1) is 11.8 Å². The molecule has 2 aromatic carbocycles. The van der Waals surface area contributed by atoms with E-state index in [4.69, 9.17) is 10.00 Å². The van der Waals surface area contributed by atoms with Crippen molar-refractivity contribution in [2.75, 3.05) is 7.11 Å². The summed E-state index contributed by atoms with van der Waals surface area (Å²) in [6.07, 6.45) is 0. The average molecular weight is 271 g/mol. The maximum Gasteiger partial charge on any atom is 0.136 e. The van der Waals surface area contributed by atoms with Gasteiger partial charge in [0.1, 0.15) is 17.6 Å². The summed E-state index contributed by atoms with van der Waals surface area (Å²) in [6, 6.07) is 14.8. The first kappa shape index (κ1) is 13.3. The molecule has 96 valence electrons. The molecule has 0 saturated carbocycles. The molecule has 0 bridgehead atoms. The third-order valence-corrected chi connectivity index (χ3v) is 3.67. The summed E-state index contributed by atoms with van der Waals surface area (Å²) in [4.78, 5) is 0.995. The molecule has 0 aromatic heterocycles. The lowest BCUT2D eigenvalue weighted by Gasteiger charge is -2.06. The molecule has 0 radical (unpaired) electrons. The van der Waals surface area contributed by atoms with Gasteiger partial charge >= 0.3 is 0 Å². The van der Waals surface area contributed by atoms with Gasteiger partial charge in [-0.1, -0.05) is 12.1 Å². The summed E-state index contributed by atoms with van der Waals surface area (Å²) in [5.74, 6) is 1.59. The van der Waals surface area contributed by atoms with Crippen LogP contribution in [0.2, 0.25) is 0 Å². The van der Waals surface area contributed by atoms with Crippen LogP contribution in [0.3, 0.4) is 0 Å². The molecule has 0 spiro atoms. The SMILES string of the molecule is COc1ccc(CSc2cccc(O)c2)cc1C#N. The van der Waals surface area contributed by atoms with Crippen molar-refractivity contribution in [1.29, 1.82) is 5.26 Å². The number of benzene rings is 2. The number of hydrogen-bond acceptors (Lipinski definition) is 4. The number of phenolic OH excluding ortho intramolecular Hbond substituents is 1. The van der Waals surface area contributed by atoms with Gasteiger partial charge in [-0.05, 0) is 35.9 Å². The van der Waals surface area contributed by atoms with Crippen LogP contribution in [0, 0.1) is 11.3 Å². The number of thioether (sulfide) groups is 1. The summed E-state index contributed by atoms with van der Waals surface area (Å²) < 4.78 is 5.11. The van der Waals surface area contributed by atoms with Crippen LogP contribution in [0.1, 0.15) is 11.1 Å². The molecule has 2 aromatic rings. The predicted molar refractivity (Wildman–Crippen MR) is 75.4 cm³/mol. The zero-order valence-electron chi connectivity index (χ0n) is 10.5. The maximum absolute atomic E-state index is 9.39. The molecule has 0 atom stereocenters. The first-order chi connectivity index (χ1) is 9.22. The van der Waals surface area contributed by atoms with Crippen LogP contribution in [0.15, 0.2) is 47.4 Å². The van der Waals surface area contributed by atoms with E-state index in [9.17, 15) is 5.11 Å². The maximum atomic E-state index is 9.39. The van der Waals surface area contributed by atoms with Gasteiger partial charge in [-0.3, -0.25) is 0 Å². The molecule has 19 heavy (non-hydrogen) atoms. The van der Waals surface area contributed by atoms with Crippen LogP contribution in [0.5, 0.6) is 11.5 Å². The van der Waals surface area contributed by atoms with Gasteiger partial charge in [0.15, 0.2) is 0 Å². The Morgan fingerprint density at radius 1 is 1.26 bits per heavy atom. The van der Waals surface area contributed by atoms with Gasteiger partial charge in [0.2, 0.25) is 0 Å². The van der Waals surface area contributed by atoms with Crippen molar-refractivity contribution >= 4 is 11.8 Å². The zero-order chi connectivity index (χ0) is 13.7. The van der Waals surface area contributed by atoms with E-state index < -0.39 is 0 Å². The number of aromatic hydroxyl groups is 1. The van der Waals surface area contributed by atoms with E-state index in [-0.39, 0.29) is 5.75 Å². The lowest BCUT2D eigenvalue weighted by molar-refractivity contribution is 0.413. The molecular formula is C15H13NO2S. The Labute approximate surface area is 116 Å². The number of methoxy groups -OCH3 is 1. The van der Waals surface area contributed by atoms with Gasteiger partial charge in [0.25, 0.3) is 0 Å². The van der Waals surface area contributed by atoms with Crippen LogP contribution < -0.4 is 4.74 Å². The van der Waals surface area contributed by atoms with Crippen LogP contribution in [-0.2, 0) is 5.75 Å². The number of ether oxygens (including phenoxy) is 1. The quantitative estimate of drug-likeness (QED) is 0.864. The highest BCUT2D eigenvalue weighted by Gasteiger charge is 2.04. The molecule has 3 nitrogen and oxygen atoms in total. The molecule has 4 heteroatoms. The molecule has 0 amide bonds. The van der Waals surface area contributed by atoms with E-state index in [2.05, 4.69) is 6.07 Å². The van der Waals surface area contributed by atoms with Crippen molar-refractivity contribution in [3.63, 3.8) is 0 Å². The third-order valence-electron chi connectivity index (χ3n) is 2.61. The van der Waals surface area contributed by atoms with E-state index in [1.807, 2.05) is 24.3 Å². The molecular weight excluding hydrogens is 258 g/mol. The normalized spacial score (nSPS) is 9.89. The van der Waals surface area contributed by atoms with Crippen molar-refractivity contribution in [1.82, 2.24) is 0 Å². The monoisotopic (exact) mass is 271 g/mol. The topological polar surface area (TPSA) is 53.2 Å². The molecule has 0 aliphatic heterocycles. The van der Waals surface area contributed by atoms with Crippen LogP contribution >= 0.6 is 11.8 Å². The third kappa shape index (κ3) is 3.43. The van der Waals surface area contributed by atoms with Crippen molar-refractivity contribution < 1.29 is 9.84 Å². The molecule has 0 unspecified atom stereocenters. The summed E-state index contributed by atoms with van der Waals surface area (Å²) in [6.45, 7) is 0. The molecule has 2 rings (SSSR count). The molecule has 0 heterocycles. The fourth-order valence-corrected chi connectivity index (χ4v) is 2.56. The molecule has 0 aliphatic carbocycles.